The number of nitrogens with two attached hydrogens (primary N) is 1. The monoisotopic (exact) mass is 487 g/mol. The fraction of sp³-hybridized carbons (Fsp3) is 0.524. The quantitative estimate of drug-likeness (QED) is 0.284. The fourth-order valence-corrected chi connectivity index (χ4v) is 4.45. The maximum atomic E-state index is 12.8. The third kappa shape index (κ3) is 7.83. The first kappa shape index (κ1) is 26.8. The Labute approximate surface area is 192 Å². The van der Waals surface area contributed by atoms with Crippen LogP contribution in [0.2, 0.25) is 0 Å². The molecule has 1 saturated heterocycles. The van der Waals surface area contributed by atoms with Gasteiger partial charge in [0, 0.05) is 25.4 Å². The van der Waals surface area contributed by atoms with Crippen LogP contribution in [-0.2, 0) is 37.4 Å². The highest BCUT2D eigenvalue weighted by molar-refractivity contribution is 7.57. The van der Waals surface area contributed by atoms with E-state index in [2.05, 4.69) is 0 Å². The van der Waals surface area contributed by atoms with Crippen LogP contribution in [-0.4, -0.2) is 61.0 Å². The second-order valence-electron chi connectivity index (χ2n) is 7.01. The molecule has 0 spiro atoms. The summed E-state index contributed by atoms with van der Waals surface area (Å²) in [6.07, 6.45) is -5.32. The Morgan fingerprint density at radius 3 is 2.12 bits per heavy atom. The van der Waals surface area contributed by atoms with Crippen LogP contribution < -0.4 is 10.5 Å². The molecule has 12 heteroatoms. The molecule has 3 N–H and O–H groups in total. The summed E-state index contributed by atoms with van der Waals surface area (Å²) in [5.41, 5.74) is 6.19. The molecule has 33 heavy (non-hydrogen) atoms. The van der Waals surface area contributed by atoms with E-state index < -0.39 is 50.2 Å². The number of hydrogen-bond donors (Lipinski definition) is 2. The first-order chi connectivity index (χ1) is 15.6. The number of carbonyl (C=O) groups is 2. The number of benzene rings is 1. The molecule has 0 aromatic heterocycles. The summed E-state index contributed by atoms with van der Waals surface area (Å²) in [5.74, 6) is 0.0540. The third-order valence-corrected chi connectivity index (χ3v) is 6.14. The zero-order valence-corrected chi connectivity index (χ0v) is 19.8. The van der Waals surface area contributed by atoms with E-state index in [1.54, 1.807) is 38.1 Å². The Hall–Kier alpha value is -2.43. The third-order valence-electron chi connectivity index (χ3n) is 4.37. The molecular weight excluding hydrogens is 457 g/mol. The van der Waals surface area contributed by atoms with Crippen molar-refractivity contribution in [2.75, 3.05) is 18.9 Å². The summed E-state index contributed by atoms with van der Waals surface area (Å²) in [6, 6.07) is 6.32. The van der Waals surface area contributed by atoms with Crippen molar-refractivity contribution in [1.82, 2.24) is 0 Å². The van der Waals surface area contributed by atoms with Gasteiger partial charge in [0.1, 0.15) is 18.0 Å². The average Bonchev–Trinajstić information content (AvgIpc) is 2.73. The summed E-state index contributed by atoms with van der Waals surface area (Å²) in [7, 11) is -3.61. The topological polar surface area (TPSA) is 153 Å². The van der Waals surface area contributed by atoms with Crippen LogP contribution in [0.15, 0.2) is 36.2 Å². The van der Waals surface area contributed by atoms with Crippen LogP contribution in [0.25, 0.3) is 0 Å². The molecule has 1 heterocycles. The Balaban J connectivity index is 2.39. The van der Waals surface area contributed by atoms with Gasteiger partial charge in [-0.05, 0) is 44.2 Å². The Morgan fingerprint density at radius 2 is 1.61 bits per heavy atom. The lowest BCUT2D eigenvalue weighted by Gasteiger charge is -2.42. The van der Waals surface area contributed by atoms with Gasteiger partial charge in [0.2, 0.25) is 12.4 Å². The van der Waals surface area contributed by atoms with Gasteiger partial charge in [-0.25, -0.2) is 0 Å². The first-order valence-corrected chi connectivity index (χ1v) is 12.0. The lowest BCUT2D eigenvalue weighted by molar-refractivity contribution is -0.271. The number of anilines is 1. The van der Waals surface area contributed by atoms with E-state index in [-0.39, 0.29) is 13.2 Å². The van der Waals surface area contributed by atoms with Crippen molar-refractivity contribution in [3.63, 3.8) is 0 Å². The van der Waals surface area contributed by atoms with E-state index >= 15 is 0 Å². The molecule has 0 amide bonds. The van der Waals surface area contributed by atoms with E-state index in [0.717, 1.165) is 19.7 Å². The molecule has 0 radical (unpaired) electrons. The highest BCUT2D eigenvalue weighted by atomic mass is 31.2. The molecule has 0 unspecified atom stereocenters. The minimum Gasteiger partial charge on any atom is -0.461 e. The van der Waals surface area contributed by atoms with E-state index in [1.807, 2.05) is 0 Å². The van der Waals surface area contributed by atoms with Crippen molar-refractivity contribution >= 4 is 25.2 Å². The zero-order chi connectivity index (χ0) is 24.6. The Kier molecular flexibility index (Phi) is 9.87. The van der Waals surface area contributed by atoms with Crippen LogP contribution >= 0.6 is 7.60 Å². The van der Waals surface area contributed by atoms with Gasteiger partial charge in [-0.2, -0.15) is 0 Å². The van der Waals surface area contributed by atoms with Crippen LogP contribution in [0.4, 0.5) is 5.69 Å². The minimum absolute atomic E-state index is 0.128. The standard InChI is InChI=1S/C21H30NO10P/c1-5-27-33(26,28-6-2)12-11-17-18(25)19(29-13(3)23)20(30-14(4)24)21(32-17)31-16-9-7-15(22)8-10-16/h7-12,17-21,25H,5-6,22H2,1-4H3/b12-11+/t17-,18-,19+,20+,21+/m1/s1. The molecule has 0 bridgehead atoms. The lowest BCUT2D eigenvalue weighted by Crippen LogP contribution is -2.61. The first-order valence-electron chi connectivity index (χ1n) is 10.4. The summed E-state index contributed by atoms with van der Waals surface area (Å²) in [6.45, 7) is 5.87. The van der Waals surface area contributed by atoms with Crippen LogP contribution in [0, 0.1) is 0 Å². The number of esters is 2. The summed E-state index contributed by atoms with van der Waals surface area (Å²) in [5, 5.41) is 10.8. The predicted octanol–water partition coefficient (Wildman–Crippen LogP) is 2.38. The smallest absolute Gasteiger partial charge is 0.353 e. The van der Waals surface area contributed by atoms with Crippen LogP contribution in [0.5, 0.6) is 5.75 Å². The number of aliphatic hydroxyl groups excluding tert-OH is 1. The van der Waals surface area contributed by atoms with Crippen LogP contribution in [0.1, 0.15) is 27.7 Å². The molecule has 1 aromatic carbocycles. The van der Waals surface area contributed by atoms with E-state index in [0.29, 0.717) is 11.4 Å². The van der Waals surface area contributed by atoms with Gasteiger partial charge < -0.3 is 38.8 Å². The normalized spacial score (nSPS) is 25.5. The van der Waals surface area contributed by atoms with Gasteiger partial charge in [0.05, 0.1) is 13.2 Å². The number of rotatable bonds is 10. The van der Waals surface area contributed by atoms with Crippen molar-refractivity contribution in [2.45, 2.75) is 58.4 Å². The number of nitrogen functional groups attached to an aromatic ring is 1. The predicted molar refractivity (Wildman–Crippen MR) is 117 cm³/mol. The number of hydrogen-bond acceptors (Lipinski definition) is 11. The number of carbonyl (C=O) groups excluding carboxylic acids is 2. The molecule has 5 atom stereocenters. The fourth-order valence-electron chi connectivity index (χ4n) is 3.10. The van der Waals surface area contributed by atoms with E-state index in [4.69, 9.17) is 33.7 Å². The summed E-state index contributed by atoms with van der Waals surface area (Å²) >= 11 is 0. The van der Waals surface area contributed by atoms with Gasteiger partial charge in [0.25, 0.3) is 0 Å². The van der Waals surface area contributed by atoms with Crippen molar-refractivity contribution in [2.24, 2.45) is 0 Å². The lowest BCUT2D eigenvalue weighted by atomic mass is 9.98. The molecule has 1 aromatic rings. The van der Waals surface area contributed by atoms with E-state index in [9.17, 15) is 19.3 Å². The van der Waals surface area contributed by atoms with Crippen molar-refractivity contribution in [3.05, 3.63) is 36.2 Å². The molecule has 11 nitrogen and oxygen atoms in total. The number of ether oxygens (including phenoxy) is 4. The molecule has 0 saturated carbocycles. The summed E-state index contributed by atoms with van der Waals surface area (Å²) in [4.78, 5) is 23.4. The second-order valence-corrected chi connectivity index (χ2v) is 8.91. The maximum absolute atomic E-state index is 12.8. The molecule has 2 rings (SSSR count). The Morgan fingerprint density at radius 1 is 1.06 bits per heavy atom. The largest absolute Gasteiger partial charge is 0.461 e. The highest BCUT2D eigenvalue weighted by Crippen LogP contribution is 2.50. The van der Waals surface area contributed by atoms with Crippen molar-refractivity contribution < 1.29 is 47.3 Å². The van der Waals surface area contributed by atoms with Gasteiger partial charge in [0.15, 0.2) is 6.10 Å². The van der Waals surface area contributed by atoms with Gasteiger partial charge in [-0.3, -0.25) is 14.2 Å². The Bertz CT molecular complexity index is 864. The SMILES string of the molecule is CCOP(=O)(/C=C/[C@H]1O[C@H](Oc2ccc(N)cc2)[C@@H](OC(C)=O)[C@@H](OC(C)=O)[C@@H]1O)OCC. The van der Waals surface area contributed by atoms with Crippen molar-refractivity contribution in [1.29, 1.82) is 0 Å². The minimum atomic E-state index is -3.61. The molecular formula is C21H30NO10P. The number of aliphatic hydroxyl groups is 1. The van der Waals surface area contributed by atoms with Crippen molar-refractivity contribution in [3.8, 4) is 5.75 Å². The van der Waals surface area contributed by atoms with E-state index in [1.165, 1.54) is 6.08 Å². The van der Waals surface area contributed by atoms with Gasteiger partial charge in [-0.15, -0.1) is 0 Å². The molecule has 1 fully saturated rings. The van der Waals surface area contributed by atoms with Gasteiger partial charge in [-0.1, -0.05) is 0 Å². The maximum Gasteiger partial charge on any atom is 0.353 e. The average molecular weight is 487 g/mol. The van der Waals surface area contributed by atoms with Gasteiger partial charge >= 0.3 is 19.5 Å². The molecule has 184 valence electrons. The second kappa shape index (κ2) is 12.2. The summed E-state index contributed by atoms with van der Waals surface area (Å²) < 4.78 is 45.3. The van der Waals surface area contributed by atoms with Crippen LogP contribution in [0.3, 0.4) is 0 Å². The molecule has 0 aliphatic carbocycles. The highest BCUT2D eigenvalue weighted by Gasteiger charge is 2.50. The molecule has 1 aliphatic rings. The zero-order valence-electron chi connectivity index (χ0n) is 18.9. The molecule has 1 aliphatic heterocycles.